The first kappa shape index (κ1) is 20.3. The van der Waals surface area contributed by atoms with Gasteiger partial charge in [0.15, 0.2) is 0 Å². The van der Waals surface area contributed by atoms with E-state index >= 15 is 0 Å². The number of nitrogens with two attached hydrogens (primary N) is 1. The minimum atomic E-state index is -0.815. The molecule has 156 valence electrons. The third-order valence-corrected chi connectivity index (χ3v) is 7.15. The summed E-state index contributed by atoms with van der Waals surface area (Å²) in [7, 11) is -0.815. The van der Waals surface area contributed by atoms with E-state index < -0.39 is 10.8 Å². The zero-order valence-corrected chi connectivity index (χ0v) is 18.2. The molecule has 0 radical (unpaired) electrons. The average Bonchev–Trinajstić information content (AvgIpc) is 3.50. The highest BCUT2D eigenvalue weighted by molar-refractivity contribution is 7.85. The molecule has 1 saturated heterocycles. The van der Waals surface area contributed by atoms with E-state index in [1.165, 1.54) is 18.4 Å². The molecule has 1 aliphatic carbocycles. The summed E-state index contributed by atoms with van der Waals surface area (Å²) in [6.45, 7) is 7.64. The van der Waals surface area contributed by atoms with E-state index in [0.717, 1.165) is 16.5 Å². The molecular formula is C22H30N4O2S. The van der Waals surface area contributed by atoms with Crippen molar-refractivity contribution in [1.82, 2.24) is 15.6 Å². The van der Waals surface area contributed by atoms with Crippen LogP contribution >= 0.6 is 0 Å². The van der Waals surface area contributed by atoms with E-state index in [9.17, 15) is 9.00 Å². The predicted octanol–water partition coefficient (Wildman–Crippen LogP) is 2.44. The number of aromatic nitrogens is 1. The van der Waals surface area contributed by atoms with Gasteiger partial charge < -0.3 is 16.4 Å². The highest BCUT2D eigenvalue weighted by atomic mass is 32.2. The summed E-state index contributed by atoms with van der Waals surface area (Å²) in [5.74, 6) is 1.61. The molecule has 0 spiro atoms. The fourth-order valence-corrected chi connectivity index (χ4v) is 5.09. The minimum absolute atomic E-state index is 0.0255. The molecule has 0 bridgehead atoms. The molecule has 2 heterocycles. The van der Waals surface area contributed by atoms with Gasteiger partial charge in [-0.25, -0.2) is 4.98 Å². The van der Waals surface area contributed by atoms with Crippen LogP contribution in [0.5, 0.6) is 0 Å². The fourth-order valence-electron chi connectivity index (χ4n) is 3.90. The molecule has 1 aromatic heterocycles. The maximum absolute atomic E-state index is 12.8. The quantitative estimate of drug-likeness (QED) is 0.714. The van der Waals surface area contributed by atoms with Gasteiger partial charge in [-0.15, -0.1) is 0 Å². The number of carbonyl (C=O) groups excluding carboxylic acids is 1. The van der Waals surface area contributed by atoms with Gasteiger partial charge in [0.25, 0.3) is 5.91 Å². The zero-order chi connectivity index (χ0) is 20.8. The predicted molar refractivity (Wildman–Crippen MR) is 119 cm³/mol. The Labute approximate surface area is 174 Å². The fraction of sp³-hybridized carbons (Fsp3) is 0.545. The summed E-state index contributed by atoms with van der Waals surface area (Å²) in [5.41, 5.74) is 10.5. The molecule has 6 nitrogen and oxygen atoms in total. The van der Waals surface area contributed by atoms with E-state index in [4.69, 9.17) is 10.7 Å². The van der Waals surface area contributed by atoms with Crippen molar-refractivity contribution in [2.45, 2.75) is 51.0 Å². The lowest BCUT2D eigenvalue weighted by Gasteiger charge is -2.24. The molecule has 2 atom stereocenters. The van der Waals surface area contributed by atoms with Gasteiger partial charge in [0.1, 0.15) is 5.69 Å². The van der Waals surface area contributed by atoms with Crippen LogP contribution in [0.3, 0.4) is 0 Å². The van der Waals surface area contributed by atoms with Crippen molar-refractivity contribution in [2.24, 2.45) is 0 Å². The molecule has 2 aliphatic rings. The minimum Gasteiger partial charge on any atom is -0.398 e. The van der Waals surface area contributed by atoms with Gasteiger partial charge in [-0.1, -0.05) is 26.8 Å². The molecule has 1 aliphatic heterocycles. The number of fused-ring (bicyclic) bond motifs is 1. The van der Waals surface area contributed by atoms with Crippen LogP contribution in [-0.4, -0.2) is 45.7 Å². The van der Waals surface area contributed by atoms with Gasteiger partial charge in [-0.05, 0) is 47.4 Å². The summed E-state index contributed by atoms with van der Waals surface area (Å²) >= 11 is 0. The summed E-state index contributed by atoms with van der Waals surface area (Å²) in [4.78, 5) is 17.5. The van der Waals surface area contributed by atoms with Crippen LogP contribution < -0.4 is 16.4 Å². The van der Waals surface area contributed by atoms with Gasteiger partial charge in [-0.3, -0.25) is 9.00 Å². The number of hydrogen-bond donors (Lipinski definition) is 3. The van der Waals surface area contributed by atoms with E-state index in [1.54, 1.807) is 6.07 Å². The van der Waals surface area contributed by atoms with E-state index in [0.29, 0.717) is 41.9 Å². The lowest BCUT2D eigenvalue weighted by molar-refractivity contribution is 0.0945. The molecule has 2 aromatic rings. The van der Waals surface area contributed by atoms with Gasteiger partial charge in [0, 0.05) is 52.5 Å². The third-order valence-electron chi connectivity index (χ3n) is 5.72. The molecule has 1 saturated carbocycles. The number of nitrogen functional groups attached to an aromatic ring is 1. The lowest BCUT2D eigenvalue weighted by Crippen LogP contribution is -2.49. The molecule has 1 aromatic carbocycles. The number of hydrogen-bond acceptors (Lipinski definition) is 5. The molecule has 2 fully saturated rings. The maximum Gasteiger partial charge on any atom is 0.270 e. The highest BCUT2D eigenvalue weighted by Gasteiger charge is 2.28. The summed E-state index contributed by atoms with van der Waals surface area (Å²) in [5, 5.41) is 7.15. The lowest BCUT2D eigenvalue weighted by atomic mass is 9.83. The van der Waals surface area contributed by atoms with Gasteiger partial charge in [-0.2, -0.15) is 0 Å². The average molecular weight is 415 g/mol. The Morgan fingerprint density at radius 1 is 1.31 bits per heavy atom. The van der Waals surface area contributed by atoms with E-state index in [-0.39, 0.29) is 17.4 Å². The Bertz CT molecular complexity index is 979. The van der Waals surface area contributed by atoms with Gasteiger partial charge in [0.05, 0.1) is 5.52 Å². The van der Waals surface area contributed by atoms with Crippen LogP contribution in [0.1, 0.15) is 61.1 Å². The zero-order valence-electron chi connectivity index (χ0n) is 17.4. The Balaban J connectivity index is 1.64. The Hall–Kier alpha value is -1.99. The first-order valence-corrected chi connectivity index (χ1v) is 11.8. The number of benzene rings is 1. The Morgan fingerprint density at radius 2 is 2.07 bits per heavy atom. The van der Waals surface area contributed by atoms with E-state index in [1.807, 2.05) is 0 Å². The summed E-state index contributed by atoms with van der Waals surface area (Å²) < 4.78 is 11.7. The Morgan fingerprint density at radius 3 is 2.72 bits per heavy atom. The Kier molecular flexibility index (Phi) is 5.38. The van der Waals surface area contributed by atoms with Crippen molar-refractivity contribution < 1.29 is 9.00 Å². The number of amides is 1. The second-order valence-electron chi connectivity index (χ2n) is 9.26. The summed E-state index contributed by atoms with van der Waals surface area (Å²) in [6.07, 6.45) is 2.45. The number of nitrogens with zero attached hydrogens (tertiary/aromatic N) is 1. The van der Waals surface area contributed by atoms with Crippen LogP contribution in [0.2, 0.25) is 0 Å². The molecule has 1 amide bonds. The van der Waals surface area contributed by atoms with Crippen LogP contribution in [0.15, 0.2) is 18.2 Å². The van der Waals surface area contributed by atoms with Crippen molar-refractivity contribution in [1.29, 1.82) is 0 Å². The van der Waals surface area contributed by atoms with Crippen molar-refractivity contribution in [3.63, 3.8) is 0 Å². The van der Waals surface area contributed by atoms with Gasteiger partial charge >= 0.3 is 0 Å². The van der Waals surface area contributed by atoms with Crippen LogP contribution in [0.4, 0.5) is 5.69 Å². The molecule has 4 N–H and O–H groups in total. The number of rotatable bonds is 4. The maximum atomic E-state index is 12.8. The molecule has 7 heteroatoms. The van der Waals surface area contributed by atoms with Crippen LogP contribution in [0.25, 0.3) is 10.9 Å². The second-order valence-corrected chi connectivity index (χ2v) is 10.9. The number of pyridine rings is 1. The highest BCUT2D eigenvalue weighted by Crippen LogP contribution is 2.43. The number of carbonyl (C=O) groups is 1. The first-order valence-electron chi connectivity index (χ1n) is 10.3. The molecule has 29 heavy (non-hydrogen) atoms. The topological polar surface area (TPSA) is 97.1 Å². The third kappa shape index (κ3) is 4.46. The molecule has 2 unspecified atom stereocenters. The first-order chi connectivity index (χ1) is 13.7. The molecular weight excluding hydrogens is 384 g/mol. The van der Waals surface area contributed by atoms with Gasteiger partial charge in [0.2, 0.25) is 0 Å². The SMILES string of the molecule is CC(C)(C)c1cc(C2CC2)cc2c(N)cc(C(=O)NCC3CS(=O)CCN3)nc12. The van der Waals surface area contributed by atoms with Crippen molar-refractivity contribution in [3.05, 3.63) is 35.0 Å². The standard InChI is InChI=1S/C22H30N4O2S/c1-22(2,3)17-9-14(13-4-5-13)8-16-18(23)10-19(26-20(16)17)21(27)25-11-15-12-29(28)7-6-24-15/h8-10,13,15,24H,4-7,11-12H2,1-3H3,(H2,23,26)(H,25,27). The monoisotopic (exact) mass is 414 g/mol. The normalized spacial score (nSPS) is 22.6. The van der Waals surface area contributed by atoms with Crippen molar-refractivity contribution in [2.75, 3.05) is 30.3 Å². The van der Waals surface area contributed by atoms with E-state index in [2.05, 4.69) is 43.5 Å². The largest absolute Gasteiger partial charge is 0.398 e. The van der Waals surface area contributed by atoms with Crippen molar-refractivity contribution >= 4 is 33.3 Å². The van der Waals surface area contributed by atoms with Crippen LogP contribution in [0, 0.1) is 0 Å². The number of nitrogens with one attached hydrogen (secondary N) is 2. The molecule has 4 rings (SSSR count). The second kappa shape index (κ2) is 7.69. The van der Waals surface area contributed by atoms with Crippen LogP contribution in [-0.2, 0) is 16.2 Å². The summed E-state index contributed by atoms with van der Waals surface area (Å²) in [6, 6.07) is 6.09. The van der Waals surface area contributed by atoms with Crippen molar-refractivity contribution in [3.8, 4) is 0 Å². The smallest absolute Gasteiger partial charge is 0.270 e. The number of anilines is 1.